The van der Waals surface area contributed by atoms with Crippen molar-refractivity contribution in [3.8, 4) is 0 Å². The minimum Gasteiger partial charge on any atom is -0.305 e. The third kappa shape index (κ3) is 3.39. The summed E-state index contributed by atoms with van der Waals surface area (Å²) in [5.41, 5.74) is 2.76. The normalized spacial score (nSPS) is 18.6. The number of rotatable bonds is 4. The highest BCUT2D eigenvalue weighted by Gasteiger charge is 2.18. The number of hydrogen-bond donors (Lipinski definition) is 1. The monoisotopic (exact) mass is 250 g/mol. The van der Waals surface area contributed by atoms with E-state index in [1.165, 1.54) is 37.8 Å². The summed E-state index contributed by atoms with van der Waals surface area (Å²) >= 11 is 1.75. The zero-order valence-corrected chi connectivity index (χ0v) is 11.6. The van der Waals surface area contributed by atoms with Crippen molar-refractivity contribution in [2.75, 3.05) is 6.54 Å². The molecule has 1 N–H and O–H groups in total. The second-order valence-electron chi connectivity index (χ2n) is 4.66. The summed E-state index contributed by atoms with van der Waals surface area (Å²) in [6, 6.07) is 0.350. The van der Waals surface area contributed by atoms with Gasteiger partial charge in [-0.2, -0.15) is 0 Å². The van der Waals surface area contributed by atoms with Gasteiger partial charge in [0.05, 0.1) is 16.7 Å². The molecule has 0 aliphatic heterocycles. The number of thiazole rings is 1. The van der Waals surface area contributed by atoms with Crippen LogP contribution in [0.5, 0.6) is 0 Å². The summed E-state index contributed by atoms with van der Waals surface area (Å²) in [6.07, 6.45) is 8.95. The van der Waals surface area contributed by atoms with Gasteiger partial charge in [0.15, 0.2) is 0 Å². The number of aryl methyl sites for hydroxylation is 1. The minimum atomic E-state index is 0.350. The van der Waals surface area contributed by atoms with Crippen LogP contribution in [-0.4, -0.2) is 11.5 Å². The molecule has 94 valence electrons. The number of allylic oxidation sites excluding steroid dienone is 1. The maximum absolute atomic E-state index is 4.65. The highest BCUT2D eigenvalue weighted by atomic mass is 32.1. The van der Waals surface area contributed by atoms with Crippen molar-refractivity contribution < 1.29 is 0 Å². The molecule has 1 aromatic rings. The van der Waals surface area contributed by atoms with Crippen molar-refractivity contribution in [2.24, 2.45) is 0 Å². The van der Waals surface area contributed by atoms with Gasteiger partial charge < -0.3 is 5.32 Å². The van der Waals surface area contributed by atoms with E-state index in [9.17, 15) is 0 Å². The van der Waals surface area contributed by atoms with Crippen LogP contribution in [0.15, 0.2) is 17.0 Å². The highest BCUT2D eigenvalue weighted by Crippen LogP contribution is 2.29. The average molecular weight is 250 g/mol. The first kappa shape index (κ1) is 12.8. The molecule has 0 spiro atoms. The molecule has 0 saturated heterocycles. The largest absolute Gasteiger partial charge is 0.305 e. The average Bonchev–Trinajstić information content (AvgIpc) is 2.60. The number of hydrogen-bond acceptors (Lipinski definition) is 3. The summed E-state index contributed by atoms with van der Waals surface area (Å²) in [5.74, 6) is 0. The van der Waals surface area contributed by atoms with E-state index in [1.54, 1.807) is 16.9 Å². The summed E-state index contributed by atoms with van der Waals surface area (Å²) in [5, 5.41) is 6.95. The van der Waals surface area contributed by atoms with E-state index in [0.717, 1.165) is 11.6 Å². The molecule has 2 rings (SSSR count). The Kier molecular flexibility index (Phi) is 4.75. The summed E-state index contributed by atoms with van der Waals surface area (Å²) < 4.78 is 0. The van der Waals surface area contributed by atoms with Gasteiger partial charge >= 0.3 is 0 Å². The van der Waals surface area contributed by atoms with Crippen LogP contribution in [-0.2, 0) is 0 Å². The number of nitrogens with zero attached hydrogens (tertiary/aromatic N) is 1. The number of nitrogens with one attached hydrogen (secondary N) is 1. The number of aromatic nitrogens is 1. The van der Waals surface area contributed by atoms with Crippen LogP contribution in [0, 0.1) is 6.92 Å². The summed E-state index contributed by atoms with van der Waals surface area (Å²) in [4.78, 5) is 4.65. The minimum absolute atomic E-state index is 0.350. The van der Waals surface area contributed by atoms with Crippen LogP contribution >= 0.6 is 11.3 Å². The van der Waals surface area contributed by atoms with Crippen LogP contribution in [0.3, 0.4) is 0 Å². The summed E-state index contributed by atoms with van der Waals surface area (Å²) in [6.45, 7) is 5.25. The fraction of sp³-hybridized carbons (Fsp3) is 0.643. The van der Waals surface area contributed by atoms with Crippen LogP contribution < -0.4 is 5.32 Å². The maximum atomic E-state index is 4.65. The van der Waals surface area contributed by atoms with Crippen molar-refractivity contribution in [3.63, 3.8) is 0 Å². The van der Waals surface area contributed by atoms with Crippen molar-refractivity contribution in [1.82, 2.24) is 10.3 Å². The first-order valence-electron chi connectivity index (χ1n) is 6.65. The molecule has 1 atom stereocenters. The molecule has 3 heteroatoms. The lowest BCUT2D eigenvalue weighted by Gasteiger charge is -2.19. The Morgan fingerprint density at radius 3 is 3.00 bits per heavy atom. The molecular weight excluding hydrogens is 228 g/mol. The zero-order chi connectivity index (χ0) is 12.1. The Labute approximate surface area is 108 Å². The molecule has 0 radical (unpaired) electrons. The molecule has 0 fully saturated rings. The molecular formula is C14H22N2S. The molecule has 17 heavy (non-hydrogen) atoms. The molecule has 0 bridgehead atoms. The van der Waals surface area contributed by atoms with Crippen molar-refractivity contribution in [2.45, 2.75) is 52.0 Å². The van der Waals surface area contributed by atoms with Crippen LogP contribution in [0.1, 0.15) is 55.8 Å². The van der Waals surface area contributed by atoms with E-state index >= 15 is 0 Å². The predicted molar refractivity (Wildman–Crippen MR) is 74.4 cm³/mol. The summed E-state index contributed by atoms with van der Waals surface area (Å²) in [7, 11) is 0. The van der Waals surface area contributed by atoms with E-state index < -0.39 is 0 Å². The highest BCUT2D eigenvalue weighted by molar-refractivity contribution is 7.09. The standard InChI is InChI=1S/C14H22N2S/c1-3-15-14(13-10-17-11(2)16-13)12-8-6-4-5-7-9-12/h8,10,14-15H,3-7,9H2,1-2H3. The second kappa shape index (κ2) is 6.31. The predicted octanol–water partition coefficient (Wildman–Crippen LogP) is 3.99. The van der Waals surface area contributed by atoms with Gasteiger partial charge in [-0.3, -0.25) is 0 Å². The van der Waals surface area contributed by atoms with E-state index in [0.29, 0.717) is 6.04 Å². The van der Waals surface area contributed by atoms with Gasteiger partial charge in [-0.05, 0) is 39.2 Å². The molecule has 1 aliphatic rings. The lowest BCUT2D eigenvalue weighted by atomic mass is 10.00. The van der Waals surface area contributed by atoms with E-state index in [-0.39, 0.29) is 0 Å². The molecule has 1 aromatic heterocycles. The van der Waals surface area contributed by atoms with Gasteiger partial charge in [-0.1, -0.05) is 25.0 Å². The van der Waals surface area contributed by atoms with Gasteiger partial charge in [-0.25, -0.2) is 4.98 Å². The SMILES string of the molecule is CCNC(C1=CCCCCC1)c1csc(C)n1. The van der Waals surface area contributed by atoms with Crippen LogP contribution in [0.2, 0.25) is 0 Å². The van der Waals surface area contributed by atoms with E-state index in [2.05, 4.69) is 35.6 Å². The van der Waals surface area contributed by atoms with Gasteiger partial charge in [-0.15, -0.1) is 11.3 Å². The lowest BCUT2D eigenvalue weighted by molar-refractivity contribution is 0.579. The first-order chi connectivity index (χ1) is 8.31. The molecule has 0 aromatic carbocycles. The van der Waals surface area contributed by atoms with Crippen molar-refractivity contribution in [1.29, 1.82) is 0 Å². The first-order valence-corrected chi connectivity index (χ1v) is 7.53. The Hall–Kier alpha value is -0.670. The van der Waals surface area contributed by atoms with Gasteiger partial charge in [0.25, 0.3) is 0 Å². The van der Waals surface area contributed by atoms with Gasteiger partial charge in [0.1, 0.15) is 0 Å². The molecule has 2 nitrogen and oxygen atoms in total. The topological polar surface area (TPSA) is 24.9 Å². The third-order valence-corrected chi connectivity index (χ3v) is 4.08. The molecule has 1 aliphatic carbocycles. The smallest absolute Gasteiger partial charge is 0.0898 e. The van der Waals surface area contributed by atoms with Crippen molar-refractivity contribution >= 4 is 11.3 Å². The Morgan fingerprint density at radius 2 is 2.29 bits per heavy atom. The maximum Gasteiger partial charge on any atom is 0.0898 e. The Bertz CT molecular complexity index is 381. The molecule has 0 saturated carbocycles. The zero-order valence-electron chi connectivity index (χ0n) is 10.8. The second-order valence-corrected chi connectivity index (χ2v) is 5.72. The van der Waals surface area contributed by atoms with Crippen LogP contribution in [0.25, 0.3) is 0 Å². The molecule has 1 unspecified atom stereocenters. The Morgan fingerprint density at radius 1 is 1.41 bits per heavy atom. The van der Waals surface area contributed by atoms with Crippen LogP contribution in [0.4, 0.5) is 0 Å². The van der Waals surface area contributed by atoms with Crippen molar-refractivity contribution in [3.05, 3.63) is 27.7 Å². The number of likely N-dealkylation sites (N-methyl/N-ethyl adjacent to an activating group) is 1. The quantitative estimate of drug-likeness (QED) is 0.817. The van der Waals surface area contributed by atoms with Gasteiger partial charge in [0, 0.05) is 5.38 Å². The fourth-order valence-electron chi connectivity index (χ4n) is 2.44. The third-order valence-electron chi connectivity index (χ3n) is 3.29. The Balaban J connectivity index is 2.18. The van der Waals surface area contributed by atoms with E-state index in [4.69, 9.17) is 0 Å². The fourth-order valence-corrected chi connectivity index (χ4v) is 3.08. The van der Waals surface area contributed by atoms with E-state index in [1.807, 2.05) is 0 Å². The molecule has 1 heterocycles. The molecule has 0 amide bonds. The van der Waals surface area contributed by atoms with Gasteiger partial charge in [0.2, 0.25) is 0 Å². The lowest BCUT2D eigenvalue weighted by Crippen LogP contribution is -2.23.